The van der Waals surface area contributed by atoms with E-state index in [9.17, 15) is 14.5 Å². The van der Waals surface area contributed by atoms with Gasteiger partial charge in [0, 0.05) is 25.7 Å². The molecule has 1 aromatic carbocycles. The maximum absolute atomic E-state index is 14.3. The maximum atomic E-state index is 14.3. The van der Waals surface area contributed by atoms with Gasteiger partial charge in [-0.05, 0) is 57.6 Å². The Kier molecular flexibility index (Phi) is 6.52. The molecule has 0 spiro atoms. The van der Waals surface area contributed by atoms with Crippen molar-refractivity contribution in [2.45, 2.75) is 64.3 Å². The van der Waals surface area contributed by atoms with E-state index in [-0.39, 0.29) is 34.7 Å². The lowest BCUT2D eigenvalue weighted by atomic mass is 10.0. The zero-order chi connectivity index (χ0) is 22.0. The highest BCUT2D eigenvalue weighted by molar-refractivity contribution is 5.54. The number of nitrogens with one attached hydrogen (secondary N) is 1. The molecule has 2 aliphatic rings. The van der Waals surface area contributed by atoms with Crippen LogP contribution >= 0.6 is 0 Å². The van der Waals surface area contributed by atoms with E-state index in [0.717, 1.165) is 50.8 Å². The van der Waals surface area contributed by atoms with Crippen LogP contribution in [0.15, 0.2) is 24.4 Å². The minimum absolute atomic E-state index is 0.0218. The first-order valence-corrected chi connectivity index (χ1v) is 11.0. The number of benzene rings is 1. The highest BCUT2D eigenvalue weighted by Crippen LogP contribution is 2.31. The van der Waals surface area contributed by atoms with Crippen molar-refractivity contribution in [1.82, 2.24) is 15.1 Å². The molecule has 3 heterocycles. The van der Waals surface area contributed by atoms with Gasteiger partial charge in [0.15, 0.2) is 5.69 Å². The van der Waals surface area contributed by atoms with Crippen LogP contribution in [0.4, 0.5) is 15.8 Å². The number of para-hydroxylation sites is 1. The van der Waals surface area contributed by atoms with Crippen LogP contribution in [0.5, 0.6) is 0 Å². The lowest BCUT2D eigenvalue weighted by molar-refractivity contribution is -0.385. The molecule has 1 aromatic heterocycles. The van der Waals surface area contributed by atoms with Gasteiger partial charge in [-0.25, -0.2) is 9.07 Å². The molecule has 8 nitrogen and oxygen atoms in total. The van der Waals surface area contributed by atoms with E-state index in [2.05, 4.69) is 15.3 Å². The molecular formula is C22H30FN5O3. The van der Waals surface area contributed by atoms with Crippen molar-refractivity contribution >= 4 is 11.4 Å². The van der Waals surface area contributed by atoms with Crippen molar-refractivity contribution in [3.8, 4) is 0 Å². The largest absolute Gasteiger partial charge is 0.369 e. The van der Waals surface area contributed by atoms with Gasteiger partial charge in [-0.3, -0.25) is 10.1 Å². The Morgan fingerprint density at radius 1 is 1.29 bits per heavy atom. The number of hydrogen-bond acceptors (Lipinski definition) is 6. The smallest absolute Gasteiger partial charge is 0.311 e. The monoisotopic (exact) mass is 431 g/mol. The molecule has 0 radical (unpaired) electrons. The second-order valence-corrected chi connectivity index (χ2v) is 8.51. The molecule has 2 saturated heterocycles. The summed E-state index contributed by atoms with van der Waals surface area (Å²) in [5.41, 5.74) is 2.07. The third-order valence-corrected chi connectivity index (χ3v) is 6.28. The highest BCUT2D eigenvalue weighted by Gasteiger charge is 2.30. The molecule has 4 rings (SSSR count). The van der Waals surface area contributed by atoms with E-state index in [1.165, 1.54) is 12.3 Å². The van der Waals surface area contributed by atoms with Crippen LogP contribution in [0.1, 0.15) is 62.6 Å². The van der Waals surface area contributed by atoms with Crippen LogP contribution < -0.4 is 10.2 Å². The van der Waals surface area contributed by atoms with Crippen molar-refractivity contribution in [1.29, 1.82) is 0 Å². The molecule has 31 heavy (non-hydrogen) atoms. The topological polar surface area (TPSA) is 85.5 Å². The molecular weight excluding hydrogens is 401 g/mol. The molecule has 0 aliphatic carbocycles. The predicted molar refractivity (Wildman–Crippen MR) is 116 cm³/mol. The first kappa shape index (κ1) is 21.7. The summed E-state index contributed by atoms with van der Waals surface area (Å²) in [6.07, 6.45) is 5.77. The van der Waals surface area contributed by atoms with Crippen LogP contribution in [0.25, 0.3) is 0 Å². The molecule has 2 atom stereocenters. The molecule has 2 aliphatic heterocycles. The molecule has 2 fully saturated rings. The SMILES string of the molecule is Cc1cccc(F)c1N1CCC(NC(C)c2nn(C3CCCCO3)cc2[N+](=O)[O-])CC1. The Labute approximate surface area is 181 Å². The first-order chi connectivity index (χ1) is 14.9. The van der Waals surface area contributed by atoms with Crippen molar-refractivity contribution in [3.05, 3.63) is 51.6 Å². The lowest BCUT2D eigenvalue weighted by Gasteiger charge is -2.36. The fraction of sp³-hybridized carbons (Fsp3) is 0.591. The molecule has 0 saturated carbocycles. The minimum atomic E-state index is -0.372. The van der Waals surface area contributed by atoms with Crippen LogP contribution in [0.2, 0.25) is 0 Å². The van der Waals surface area contributed by atoms with Crippen molar-refractivity contribution in [2.24, 2.45) is 0 Å². The van der Waals surface area contributed by atoms with Crippen LogP contribution in [-0.4, -0.2) is 40.4 Å². The number of anilines is 1. The number of hydrogen-bond donors (Lipinski definition) is 1. The van der Waals surface area contributed by atoms with Crippen molar-refractivity contribution < 1.29 is 14.1 Å². The van der Waals surface area contributed by atoms with Gasteiger partial charge in [-0.1, -0.05) is 12.1 Å². The van der Waals surface area contributed by atoms with Crippen molar-refractivity contribution in [3.63, 3.8) is 0 Å². The minimum Gasteiger partial charge on any atom is -0.369 e. The predicted octanol–water partition coefficient (Wildman–Crippen LogP) is 4.26. The summed E-state index contributed by atoms with van der Waals surface area (Å²) in [5, 5.41) is 19.7. The summed E-state index contributed by atoms with van der Waals surface area (Å²) in [6, 6.07) is 5.08. The van der Waals surface area contributed by atoms with Gasteiger partial charge < -0.3 is 15.0 Å². The third-order valence-electron chi connectivity index (χ3n) is 6.28. The average molecular weight is 432 g/mol. The zero-order valence-electron chi connectivity index (χ0n) is 18.1. The summed E-state index contributed by atoms with van der Waals surface area (Å²) in [7, 11) is 0. The fourth-order valence-corrected chi connectivity index (χ4v) is 4.65. The molecule has 0 amide bonds. The normalized spacial score (nSPS) is 21.3. The van der Waals surface area contributed by atoms with Gasteiger partial charge in [-0.15, -0.1) is 0 Å². The number of piperidine rings is 1. The summed E-state index contributed by atoms with van der Waals surface area (Å²) in [5.74, 6) is -0.189. The number of ether oxygens (including phenoxy) is 1. The number of nitro groups is 1. The van der Waals surface area contributed by atoms with Crippen LogP contribution in [0.3, 0.4) is 0 Å². The van der Waals surface area contributed by atoms with Gasteiger partial charge in [-0.2, -0.15) is 5.10 Å². The molecule has 0 bridgehead atoms. The number of rotatable bonds is 6. The van der Waals surface area contributed by atoms with E-state index in [1.807, 2.05) is 19.9 Å². The molecule has 9 heteroatoms. The number of nitrogens with zero attached hydrogens (tertiary/aromatic N) is 4. The van der Waals surface area contributed by atoms with Crippen molar-refractivity contribution in [2.75, 3.05) is 24.6 Å². The van der Waals surface area contributed by atoms with E-state index < -0.39 is 0 Å². The van der Waals surface area contributed by atoms with Gasteiger partial charge in [0.1, 0.15) is 18.2 Å². The zero-order valence-corrected chi connectivity index (χ0v) is 18.1. The second-order valence-electron chi connectivity index (χ2n) is 8.51. The standard InChI is InChI=1S/C22H30FN5O3/c1-15-6-5-7-18(23)22(15)26-11-9-17(10-12-26)24-16(2)21-19(28(29)30)14-27(25-21)20-8-3-4-13-31-20/h5-7,14,16-17,20,24H,3-4,8-13H2,1-2H3. The van der Waals surface area contributed by atoms with Gasteiger partial charge >= 0.3 is 5.69 Å². The Morgan fingerprint density at radius 3 is 2.71 bits per heavy atom. The maximum Gasteiger partial charge on any atom is 0.311 e. The van der Waals surface area contributed by atoms with Gasteiger partial charge in [0.25, 0.3) is 0 Å². The molecule has 168 valence electrons. The van der Waals surface area contributed by atoms with Gasteiger partial charge in [0.05, 0.1) is 16.7 Å². The second kappa shape index (κ2) is 9.32. The first-order valence-electron chi connectivity index (χ1n) is 11.0. The Bertz CT molecular complexity index is 900. The summed E-state index contributed by atoms with van der Waals surface area (Å²) >= 11 is 0. The molecule has 2 aromatic rings. The average Bonchev–Trinajstić information content (AvgIpc) is 3.22. The van der Waals surface area contributed by atoms with E-state index in [4.69, 9.17) is 4.74 Å². The number of aromatic nitrogens is 2. The van der Waals surface area contributed by atoms with E-state index in [1.54, 1.807) is 10.7 Å². The van der Waals surface area contributed by atoms with E-state index in [0.29, 0.717) is 18.0 Å². The molecule has 1 N–H and O–H groups in total. The Balaban J connectivity index is 1.41. The summed E-state index contributed by atoms with van der Waals surface area (Å²) in [6.45, 7) is 5.96. The number of aryl methyl sites for hydroxylation is 1. The number of halogens is 1. The quantitative estimate of drug-likeness (QED) is 0.543. The summed E-state index contributed by atoms with van der Waals surface area (Å²) in [4.78, 5) is 13.3. The highest BCUT2D eigenvalue weighted by atomic mass is 19.1. The van der Waals surface area contributed by atoms with Gasteiger partial charge in [0.2, 0.25) is 0 Å². The van der Waals surface area contributed by atoms with Crippen LogP contribution in [-0.2, 0) is 4.74 Å². The van der Waals surface area contributed by atoms with E-state index >= 15 is 0 Å². The fourth-order valence-electron chi connectivity index (χ4n) is 4.65. The van der Waals surface area contributed by atoms with Crippen LogP contribution in [0, 0.1) is 22.9 Å². The summed E-state index contributed by atoms with van der Waals surface area (Å²) < 4.78 is 21.6. The molecule has 2 unspecified atom stereocenters. The Hall–Kier alpha value is -2.52. The lowest BCUT2D eigenvalue weighted by Crippen LogP contribution is -2.44. The third kappa shape index (κ3) is 4.72. The Morgan fingerprint density at radius 2 is 2.06 bits per heavy atom.